The van der Waals surface area contributed by atoms with Crippen LogP contribution < -0.4 is 5.56 Å². The Kier molecular flexibility index (Phi) is 7.02. The van der Waals surface area contributed by atoms with Crippen LogP contribution >= 0.6 is 0 Å². The summed E-state index contributed by atoms with van der Waals surface area (Å²) in [7, 11) is 0. The minimum absolute atomic E-state index is 0.0605. The highest BCUT2D eigenvalue weighted by Gasteiger charge is 2.19. The third-order valence-electron chi connectivity index (χ3n) is 6.11. The van der Waals surface area contributed by atoms with Crippen molar-refractivity contribution in [1.82, 2.24) is 9.47 Å². The molecule has 4 rings (SSSR count). The number of aromatic nitrogens is 1. The molecule has 0 bridgehead atoms. The number of pyridine rings is 1. The Morgan fingerprint density at radius 1 is 1.09 bits per heavy atom. The molecule has 0 spiro atoms. The Morgan fingerprint density at radius 2 is 1.84 bits per heavy atom. The highest BCUT2D eigenvalue weighted by Crippen LogP contribution is 2.29. The summed E-state index contributed by atoms with van der Waals surface area (Å²) < 4.78 is 6.84. The lowest BCUT2D eigenvalue weighted by molar-refractivity contribution is 0.0377. The SMILES string of the molecule is CCc1cccc(C)c1-n1c(O)c(C=NCCCN2CCOCC2)c2ccccc2c1=O. The van der Waals surface area contributed by atoms with Gasteiger partial charge in [-0.25, -0.2) is 4.57 Å². The van der Waals surface area contributed by atoms with Crippen molar-refractivity contribution in [3.63, 3.8) is 0 Å². The number of hydrogen-bond donors (Lipinski definition) is 1. The van der Waals surface area contributed by atoms with Crippen molar-refractivity contribution in [2.45, 2.75) is 26.7 Å². The number of morpholine rings is 1. The van der Waals surface area contributed by atoms with Crippen LogP contribution in [0.4, 0.5) is 0 Å². The van der Waals surface area contributed by atoms with Gasteiger partial charge in [0.25, 0.3) is 5.56 Å². The monoisotopic (exact) mass is 433 g/mol. The molecule has 0 saturated carbocycles. The van der Waals surface area contributed by atoms with Crippen molar-refractivity contribution < 1.29 is 9.84 Å². The van der Waals surface area contributed by atoms with Crippen LogP contribution in [-0.4, -0.2) is 60.2 Å². The van der Waals surface area contributed by atoms with E-state index in [1.54, 1.807) is 6.21 Å². The Bertz CT molecular complexity index is 1180. The first kappa shape index (κ1) is 22.2. The summed E-state index contributed by atoms with van der Waals surface area (Å²) in [5.41, 5.74) is 3.09. The van der Waals surface area contributed by atoms with Gasteiger partial charge in [0.1, 0.15) is 0 Å². The number of ether oxygens (including phenoxy) is 1. The molecule has 0 atom stereocenters. The van der Waals surface area contributed by atoms with Crippen LogP contribution in [0.15, 0.2) is 52.3 Å². The Labute approximate surface area is 188 Å². The topological polar surface area (TPSA) is 67.1 Å². The minimum Gasteiger partial charge on any atom is -0.494 e. The number of rotatable bonds is 7. The van der Waals surface area contributed by atoms with E-state index in [9.17, 15) is 9.90 Å². The van der Waals surface area contributed by atoms with Crippen molar-refractivity contribution in [3.05, 3.63) is 69.5 Å². The summed E-state index contributed by atoms with van der Waals surface area (Å²) in [6.45, 7) is 9.19. The van der Waals surface area contributed by atoms with Gasteiger partial charge in [0.15, 0.2) is 0 Å². The Hall–Kier alpha value is -2.96. The summed E-state index contributed by atoms with van der Waals surface area (Å²) in [6, 6.07) is 13.4. The van der Waals surface area contributed by atoms with Gasteiger partial charge in [-0.1, -0.05) is 43.3 Å². The molecule has 1 aliphatic rings. The fourth-order valence-corrected chi connectivity index (χ4v) is 4.39. The number of benzene rings is 2. The van der Waals surface area contributed by atoms with E-state index in [1.165, 1.54) is 4.57 Å². The molecule has 0 aliphatic carbocycles. The van der Waals surface area contributed by atoms with E-state index in [0.29, 0.717) is 17.5 Å². The maximum absolute atomic E-state index is 13.4. The van der Waals surface area contributed by atoms with Crippen LogP contribution in [0, 0.1) is 6.92 Å². The molecule has 2 aromatic carbocycles. The summed E-state index contributed by atoms with van der Waals surface area (Å²) >= 11 is 0. The van der Waals surface area contributed by atoms with Gasteiger partial charge >= 0.3 is 0 Å². The number of nitrogens with zero attached hydrogens (tertiary/aromatic N) is 3. The zero-order valence-corrected chi connectivity index (χ0v) is 18.9. The number of aliphatic imine (C=N–C) groups is 1. The first-order chi connectivity index (χ1) is 15.6. The van der Waals surface area contributed by atoms with Crippen molar-refractivity contribution >= 4 is 17.0 Å². The lowest BCUT2D eigenvalue weighted by atomic mass is 10.0. The molecule has 2 heterocycles. The van der Waals surface area contributed by atoms with Crippen LogP contribution in [-0.2, 0) is 11.2 Å². The molecule has 168 valence electrons. The van der Waals surface area contributed by atoms with Gasteiger partial charge in [0.05, 0.1) is 24.5 Å². The van der Waals surface area contributed by atoms with Crippen LogP contribution in [0.3, 0.4) is 0 Å². The second-order valence-corrected chi connectivity index (χ2v) is 8.20. The first-order valence-electron chi connectivity index (χ1n) is 11.4. The number of para-hydroxylation sites is 1. The zero-order valence-electron chi connectivity index (χ0n) is 18.9. The number of aromatic hydroxyl groups is 1. The molecule has 0 amide bonds. The number of fused-ring (bicyclic) bond motifs is 1. The maximum Gasteiger partial charge on any atom is 0.265 e. The van der Waals surface area contributed by atoms with E-state index in [4.69, 9.17) is 4.74 Å². The van der Waals surface area contributed by atoms with Gasteiger partial charge in [-0.3, -0.25) is 14.7 Å². The maximum atomic E-state index is 13.4. The largest absolute Gasteiger partial charge is 0.494 e. The lowest BCUT2D eigenvalue weighted by Gasteiger charge is -2.26. The minimum atomic E-state index is -0.216. The molecule has 3 aromatic rings. The fourth-order valence-electron chi connectivity index (χ4n) is 4.39. The fraction of sp³-hybridized carbons (Fsp3) is 0.385. The Balaban J connectivity index is 1.71. The van der Waals surface area contributed by atoms with Gasteiger partial charge in [-0.15, -0.1) is 0 Å². The van der Waals surface area contributed by atoms with E-state index in [2.05, 4.69) is 16.8 Å². The molecule has 0 unspecified atom stereocenters. The van der Waals surface area contributed by atoms with Crippen molar-refractivity contribution in [3.8, 4) is 11.6 Å². The number of hydrogen-bond acceptors (Lipinski definition) is 5. The molecule has 1 aromatic heterocycles. The molecule has 1 aliphatic heterocycles. The van der Waals surface area contributed by atoms with Crippen LogP contribution in [0.5, 0.6) is 5.88 Å². The van der Waals surface area contributed by atoms with Gasteiger partial charge in [-0.05, 0) is 37.0 Å². The summed E-state index contributed by atoms with van der Waals surface area (Å²) in [6.07, 6.45) is 3.42. The molecule has 6 heteroatoms. The normalized spacial score (nSPS) is 15.1. The molecular weight excluding hydrogens is 402 g/mol. The summed E-state index contributed by atoms with van der Waals surface area (Å²) in [5.74, 6) is -0.0605. The van der Waals surface area contributed by atoms with Crippen molar-refractivity contribution in [1.29, 1.82) is 0 Å². The third kappa shape index (κ3) is 4.47. The van der Waals surface area contributed by atoms with Gasteiger partial charge in [0, 0.05) is 43.2 Å². The van der Waals surface area contributed by atoms with Crippen LogP contribution in [0.1, 0.15) is 30.0 Å². The molecule has 1 N–H and O–H groups in total. The van der Waals surface area contributed by atoms with Crippen molar-refractivity contribution in [2.24, 2.45) is 4.99 Å². The smallest absolute Gasteiger partial charge is 0.265 e. The summed E-state index contributed by atoms with van der Waals surface area (Å²) in [4.78, 5) is 20.4. The van der Waals surface area contributed by atoms with Gasteiger partial charge in [-0.2, -0.15) is 0 Å². The van der Waals surface area contributed by atoms with E-state index in [-0.39, 0.29) is 11.4 Å². The summed E-state index contributed by atoms with van der Waals surface area (Å²) in [5, 5.41) is 12.6. The predicted molar refractivity (Wildman–Crippen MR) is 130 cm³/mol. The second kappa shape index (κ2) is 10.1. The molecule has 1 saturated heterocycles. The van der Waals surface area contributed by atoms with Gasteiger partial charge < -0.3 is 9.84 Å². The predicted octanol–water partition coefficient (Wildman–Crippen LogP) is 3.71. The third-order valence-corrected chi connectivity index (χ3v) is 6.11. The molecular formula is C26H31N3O3. The lowest BCUT2D eigenvalue weighted by Crippen LogP contribution is -2.37. The molecule has 1 fully saturated rings. The second-order valence-electron chi connectivity index (χ2n) is 8.20. The molecule has 32 heavy (non-hydrogen) atoms. The van der Waals surface area contributed by atoms with E-state index < -0.39 is 0 Å². The van der Waals surface area contributed by atoms with Crippen molar-refractivity contribution in [2.75, 3.05) is 39.4 Å². The zero-order chi connectivity index (χ0) is 22.5. The van der Waals surface area contributed by atoms with E-state index >= 15 is 0 Å². The standard InChI is InChI=1S/C26H31N3O3/c1-3-20-9-6-8-19(2)24(20)29-25(30)22-11-5-4-10-21(22)23(26(29)31)18-27-12-7-13-28-14-16-32-17-15-28/h4-6,8-11,18,31H,3,7,12-17H2,1-2H3. The van der Waals surface area contributed by atoms with E-state index in [1.807, 2.05) is 49.4 Å². The first-order valence-corrected chi connectivity index (χ1v) is 11.4. The average molecular weight is 434 g/mol. The molecule has 0 radical (unpaired) electrons. The average Bonchev–Trinajstić information content (AvgIpc) is 2.82. The molecule has 6 nitrogen and oxygen atoms in total. The van der Waals surface area contributed by atoms with Gasteiger partial charge in [0.2, 0.25) is 5.88 Å². The quantitative estimate of drug-likeness (QED) is 0.456. The Morgan fingerprint density at radius 3 is 2.59 bits per heavy atom. The highest BCUT2D eigenvalue weighted by atomic mass is 16.5. The number of aryl methyl sites for hydroxylation is 2. The van der Waals surface area contributed by atoms with Crippen LogP contribution in [0.25, 0.3) is 16.5 Å². The van der Waals surface area contributed by atoms with E-state index in [0.717, 1.165) is 67.9 Å². The van der Waals surface area contributed by atoms with Crippen LogP contribution in [0.2, 0.25) is 0 Å². The highest BCUT2D eigenvalue weighted by molar-refractivity contribution is 6.01.